The molecular formula is C21H25N3O3. The van der Waals surface area contributed by atoms with Crippen LogP contribution in [-0.4, -0.2) is 35.0 Å². The summed E-state index contributed by atoms with van der Waals surface area (Å²) in [6, 6.07) is 7.93. The second kappa shape index (κ2) is 8.20. The summed E-state index contributed by atoms with van der Waals surface area (Å²) >= 11 is 0. The Hall–Kier alpha value is -2.89. The van der Waals surface area contributed by atoms with Crippen LogP contribution in [-0.2, 0) is 11.2 Å². The third kappa shape index (κ3) is 4.10. The van der Waals surface area contributed by atoms with Crippen molar-refractivity contribution in [1.82, 2.24) is 10.1 Å². The van der Waals surface area contributed by atoms with E-state index < -0.39 is 0 Å². The molecule has 0 radical (unpaired) electrons. The van der Waals surface area contributed by atoms with E-state index in [1.165, 1.54) is 11.6 Å². The molecule has 1 fully saturated rings. The number of aryl methyl sites for hydroxylation is 2. The summed E-state index contributed by atoms with van der Waals surface area (Å²) in [7, 11) is 0. The van der Waals surface area contributed by atoms with E-state index in [0.29, 0.717) is 29.4 Å². The molecule has 1 saturated heterocycles. The maximum atomic E-state index is 12.6. The summed E-state index contributed by atoms with van der Waals surface area (Å²) in [6.45, 7) is 8.69. The zero-order chi connectivity index (χ0) is 19.4. The molecule has 0 spiro atoms. The molecule has 2 aromatic rings. The van der Waals surface area contributed by atoms with Gasteiger partial charge in [-0.15, -0.1) is 0 Å². The smallest absolute Gasteiger partial charge is 0.261 e. The number of anilines is 1. The first-order valence-electron chi connectivity index (χ1n) is 9.31. The zero-order valence-electron chi connectivity index (χ0n) is 15.8. The first kappa shape index (κ1) is 18.9. The number of carbonyl (C=O) groups excluding carboxylic acids is 2. The molecule has 1 aliphatic rings. The Morgan fingerprint density at radius 1 is 1.37 bits per heavy atom. The SMILES string of the molecule is C=CC(=O)N1CCC(c2cccc(NC(=O)c3c(CC)noc3C)c2)CC1. The number of piperidine rings is 1. The monoisotopic (exact) mass is 367 g/mol. The van der Waals surface area contributed by atoms with Crippen molar-refractivity contribution in [3.63, 3.8) is 0 Å². The van der Waals surface area contributed by atoms with Crippen LogP contribution in [0.15, 0.2) is 41.4 Å². The predicted octanol–water partition coefficient (Wildman–Crippen LogP) is 3.69. The molecule has 27 heavy (non-hydrogen) atoms. The maximum absolute atomic E-state index is 12.6. The van der Waals surface area contributed by atoms with Gasteiger partial charge in [-0.05, 0) is 55.9 Å². The summed E-state index contributed by atoms with van der Waals surface area (Å²) in [4.78, 5) is 26.2. The van der Waals surface area contributed by atoms with Gasteiger partial charge in [0.1, 0.15) is 11.3 Å². The van der Waals surface area contributed by atoms with Gasteiger partial charge in [-0.3, -0.25) is 9.59 Å². The summed E-state index contributed by atoms with van der Waals surface area (Å²) in [5, 5.41) is 6.90. The average Bonchev–Trinajstić information content (AvgIpc) is 3.08. The lowest BCUT2D eigenvalue weighted by atomic mass is 9.89. The highest BCUT2D eigenvalue weighted by Crippen LogP contribution is 2.30. The minimum atomic E-state index is -0.200. The van der Waals surface area contributed by atoms with E-state index in [-0.39, 0.29) is 11.8 Å². The van der Waals surface area contributed by atoms with Crippen molar-refractivity contribution in [2.45, 2.75) is 39.0 Å². The lowest BCUT2D eigenvalue weighted by Gasteiger charge is -2.31. The van der Waals surface area contributed by atoms with Crippen LogP contribution in [0.1, 0.15) is 53.1 Å². The molecule has 1 aromatic heterocycles. The van der Waals surface area contributed by atoms with Crippen molar-refractivity contribution in [2.24, 2.45) is 0 Å². The third-order valence-corrected chi connectivity index (χ3v) is 5.09. The fraction of sp³-hybridized carbons (Fsp3) is 0.381. The van der Waals surface area contributed by atoms with E-state index in [1.807, 2.05) is 30.0 Å². The van der Waals surface area contributed by atoms with Gasteiger partial charge >= 0.3 is 0 Å². The molecule has 1 aliphatic heterocycles. The van der Waals surface area contributed by atoms with Crippen molar-refractivity contribution in [3.05, 3.63) is 59.5 Å². The topological polar surface area (TPSA) is 75.4 Å². The van der Waals surface area contributed by atoms with Crippen LogP contribution >= 0.6 is 0 Å². The Morgan fingerprint density at radius 2 is 2.11 bits per heavy atom. The van der Waals surface area contributed by atoms with E-state index in [4.69, 9.17) is 4.52 Å². The van der Waals surface area contributed by atoms with Gasteiger partial charge < -0.3 is 14.7 Å². The van der Waals surface area contributed by atoms with Crippen molar-refractivity contribution in [1.29, 1.82) is 0 Å². The van der Waals surface area contributed by atoms with E-state index in [9.17, 15) is 9.59 Å². The lowest BCUT2D eigenvalue weighted by molar-refractivity contribution is -0.127. The van der Waals surface area contributed by atoms with E-state index in [2.05, 4.69) is 23.1 Å². The number of hydrogen-bond donors (Lipinski definition) is 1. The molecule has 2 amide bonds. The second-order valence-corrected chi connectivity index (χ2v) is 6.80. The number of likely N-dealkylation sites (tertiary alicyclic amines) is 1. The molecule has 0 saturated carbocycles. The van der Waals surface area contributed by atoms with Gasteiger partial charge in [0.15, 0.2) is 0 Å². The number of aromatic nitrogens is 1. The molecule has 0 aliphatic carbocycles. The Balaban J connectivity index is 1.69. The number of benzene rings is 1. The third-order valence-electron chi connectivity index (χ3n) is 5.09. The first-order valence-corrected chi connectivity index (χ1v) is 9.31. The number of nitrogens with one attached hydrogen (secondary N) is 1. The van der Waals surface area contributed by atoms with Gasteiger partial charge in [0.2, 0.25) is 5.91 Å². The van der Waals surface area contributed by atoms with Gasteiger partial charge in [0.05, 0.1) is 5.69 Å². The molecule has 1 N–H and O–H groups in total. The number of carbonyl (C=O) groups is 2. The van der Waals surface area contributed by atoms with E-state index in [1.54, 1.807) is 6.92 Å². The van der Waals surface area contributed by atoms with Gasteiger partial charge in [0.25, 0.3) is 5.91 Å². The van der Waals surface area contributed by atoms with Gasteiger partial charge in [0, 0.05) is 18.8 Å². The van der Waals surface area contributed by atoms with Gasteiger partial charge in [-0.1, -0.05) is 30.8 Å². The Morgan fingerprint density at radius 3 is 2.78 bits per heavy atom. The lowest BCUT2D eigenvalue weighted by Crippen LogP contribution is -2.36. The van der Waals surface area contributed by atoms with Crippen LogP contribution in [0.4, 0.5) is 5.69 Å². The zero-order valence-corrected chi connectivity index (χ0v) is 15.8. The van der Waals surface area contributed by atoms with Gasteiger partial charge in [-0.25, -0.2) is 0 Å². The highest BCUT2D eigenvalue weighted by atomic mass is 16.5. The minimum Gasteiger partial charge on any atom is -0.361 e. The van der Waals surface area contributed by atoms with Crippen LogP contribution in [0.2, 0.25) is 0 Å². The fourth-order valence-corrected chi connectivity index (χ4v) is 3.58. The molecule has 2 heterocycles. The number of hydrogen-bond acceptors (Lipinski definition) is 4. The standard InChI is InChI=1S/C21H25N3O3/c1-4-18-20(14(3)27-23-18)21(26)22-17-8-6-7-16(13-17)15-9-11-24(12-10-15)19(25)5-2/h5-8,13,15H,2,4,9-12H2,1,3H3,(H,22,26). The molecule has 6 heteroatoms. The van der Waals surface area contributed by atoms with Crippen LogP contribution in [0.25, 0.3) is 0 Å². The molecule has 0 atom stereocenters. The van der Waals surface area contributed by atoms with Crippen molar-refractivity contribution in [3.8, 4) is 0 Å². The van der Waals surface area contributed by atoms with Crippen molar-refractivity contribution >= 4 is 17.5 Å². The van der Waals surface area contributed by atoms with Crippen LogP contribution in [0.3, 0.4) is 0 Å². The molecule has 3 rings (SSSR count). The largest absolute Gasteiger partial charge is 0.361 e. The van der Waals surface area contributed by atoms with Crippen molar-refractivity contribution in [2.75, 3.05) is 18.4 Å². The Kier molecular flexibility index (Phi) is 5.74. The molecular weight excluding hydrogens is 342 g/mol. The summed E-state index contributed by atoms with van der Waals surface area (Å²) < 4.78 is 5.15. The summed E-state index contributed by atoms with van der Waals surface area (Å²) in [5.74, 6) is 0.693. The van der Waals surface area contributed by atoms with Gasteiger partial charge in [-0.2, -0.15) is 0 Å². The van der Waals surface area contributed by atoms with E-state index >= 15 is 0 Å². The van der Waals surface area contributed by atoms with Crippen molar-refractivity contribution < 1.29 is 14.1 Å². The summed E-state index contributed by atoms with van der Waals surface area (Å²) in [6.07, 6.45) is 3.82. The van der Waals surface area contributed by atoms with Crippen LogP contribution < -0.4 is 5.32 Å². The summed E-state index contributed by atoms with van der Waals surface area (Å²) in [5.41, 5.74) is 3.11. The fourth-order valence-electron chi connectivity index (χ4n) is 3.58. The first-order chi connectivity index (χ1) is 13.0. The number of rotatable bonds is 5. The quantitative estimate of drug-likeness (QED) is 0.818. The second-order valence-electron chi connectivity index (χ2n) is 6.80. The molecule has 142 valence electrons. The molecule has 0 unspecified atom stereocenters. The van der Waals surface area contributed by atoms with E-state index in [0.717, 1.165) is 31.6 Å². The highest BCUT2D eigenvalue weighted by molar-refractivity contribution is 6.05. The molecule has 1 aromatic carbocycles. The molecule has 0 bridgehead atoms. The normalized spacial score (nSPS) is 14.8. The van der Waals surface area contributed by atoms with Crippen LogP contribution in [0, 0.1) is 6.92 Å². The predicted molar refractivity (Wildman–Crippen MR) is 104 cm³/mol. The molecule has 6 nitrogen and oxygen atoms in total. The average molecular weight is 367 g/mol. The maximum Gasteiger partial charge on any atom is 0.261 e. The minimum absolute atomic E-state index is 0.00900. The van der Waals surface area contributed by atoms with Crippen LogP contribution in [0.5, 0.6) is 0 Å². The Bertz CT molecular complexity index is 848. The highest BCUT2D eigenvalue weighted by Gasteiger charge is 2.23. The number of nitrogens with zero attached hydrogens (tertiary/aromatic N) is 2. The Labute approximate surface area is 159 Å². The number of amides is 2.